The molecule has 12 heteroatoms. The molecule has 0 radical (unpaired) electrons. The second kappa shape index (κ2) is 7.51. The molecule has 0 spiro atoms. The lowest BCUT2D eigenvalue weighted by Gasteiger charge is -2.23. The topological polar surface area (TPSA) is 177 Å². The quantitative estimate of drug-likeness (QED) is 0.356. The Bertz CT molecular complexity index is 1440. The molecule has 1 aliphatic rings. The summed E-state index contributed by atoms with van der Waals surface area (Å²) in [6, 6.07) is 8.32. The number of aromatic amines is 1. The van der Waals surface area contributed by atoms with Crippen LogP contribution >= 0.6 is 11.6 Å². The maximum Gasteiger partial charge on any atom is 0.268 e. The summed E-state index contributed by atoms with van der Waals surface area (Å²) in [4.78, 5) is 26.4. The van der Waals surface area contributed by atoms with Crippen LogP contribution in [0.2, 0.25) is 5.02 Å². The number of fused-ring (bicyclic) bond motifs is 1. The molecule has 1 aliphatic carbocycles. The number of nitrogens with two attached hydrogens (primary N) is 2. The number of nitrogens with zero attached hydrogens (tertiary/aromatic N) is 6. The monoisotopic (exact) mass is 448 g/mol. The number of aromatic nitrogens is 6. The highest BCUT2D eigenvalue weighted by atomic mass is 35.5. The highest BCUT2D eigenvalue weighted by Crippen LogP contribution is 2.43. The molecule has 1 saturated carbocycles. The Labute approximate surface area is 186 Å². The van der Waals surface area contributed by atoms with Crippen molar-refractivity contribution in [2.75, 3.05) is 16.8 Å². The van der Waals surface area contributed by atoms with Crippen LogP contribution in [-0.2, 0) is 0 Å². The zero-order valence-corrected chi connectivity index (χ0v) is 17.3. The molecule has 1 fully saturated rings. The van der Waals surface area contributed by atoms with Gasteiger partial charge in [0.15, 0.2) is 5.82 Å². The van der Waals surface area contributed by atoms with Crippen molar-refractivity contribution in [3.63, 3.8) is 0 Å². The Balaban J connectivity index is 1.75. The van der Waals surface area contributed by atoms with E-state index < -0.39 is 6.04 Å². The van der Waals surface area contributed by atoms with Crippen LogP contribution in [0.3, 0.4) is 0 Å². The Morgan fingerprint density at radius 2 is 2.06 bits per heavy atom. The van der Waals surface area contributed by atoms with Crippen molar-refractivity contribution in [3.05, 3.63) is 57.2 Å². The molecule has 6 N–H and O–H groups in total. The lowest BCUT2D eigenvalue weighted by molar-refractivity contribution is 0.605. The van der Waals surface area contributed by atoms with Gasteiger partial charge in [0.2, 0.25) is 5.95 Å². The zero-order chi connectivity index (χ0) is 22.4. The number of nitrogens with one attached hydrogen (secondary N) is 2. The van der Waals surface area contributed by atoms with Gasteiger partial charge < -0.3 is 16.8 Å². The number of nitriles is 1. The summed E-state index contributed by atoms with van der Waals surface area (Å²) < 4.78 is 1.44. The van der Waals surface area contributed by atoms with Gasteiger partial charge in [-0.2, -0.15) is 20.3 Å². The van der Waals surface area contributed by atoms with Crippen LogP contribution in [0.5, 0.6) is 0 Å². The van der Waals surface area contributed by atoms with Gasteiger partial charge in [-0.15, -0.1) is 0 Å². The molecule has 4 aromatic rings. The second-order valence-electron chi connectivity index (χ2n) is 7.45. The van der Waals surface area contributed by atoms with E-state index in [0.29, 0.717) is 27.6 Å². The van der Waals surface area contributed by atoms with Crippen molar-refractivity contribution in [3.8, 4) is 11.9 Å². The smallest absolute Gasteiger partial charge is 0.268 e. The van der Waals surface area contributed by atoms with Gasteiger partial charge >= 0.3 is 0 Å². The van der Waals surface area contributed by atoms with Crippen molar-refractivity contribution in [1.29, 1.82) is 5.26 Å². The number of halogens is 1. The summed E-state index contributed by atoms with van der Waals surface area (Å²) in [7, 11) is 0. The van der Waals surface area contributed by atoms with Crippen LogP contribution in [0, 0.1) is 17.2 Å². The van der Waals surface area contributed by atoms with E-state index in [9.17, 15) is 10.1 Å². The number of rotatable bonds is 5. The molecule has 32 heavy (non-hydrogen) atoms. The highest BCUT2D eigenvalue weighted by Gasteiger charge is 2.37. The van der Waals surface area contributed by atoms with Crippen LogP contribution < -0.4 is 22.3 Å². The van der Waals surface area contributed by atoms with E-state index in [-0.39, 0.29) is 34.6 Å². The first kappa shape index (κ1) is 19.8. The van der Waals surface area contributed by atoms with Crippen molar-refractivity contribution in [2.24, 2.45) is 5.92 Å². The fraction of sp³-hybridized carbons (Fsp3) is 0.200. The van der Waals surface area contributed by atoms with Gasteiger partial charge in [-0.05, 0) is 30.9 Å². The molecular formula is C20H17ClN10O. The van der Waals surface area contributed by atoms with Crippen molar-refractivity contribution >= 4 is 40.1 Å². The van der Waals surface area contributed by atoms with Crippen LogP contribution in [0.25, 0.3) is 16.7 Å². The van der Waals surface area contributed by atoms with Crippen LogP contribution in [0.15, 0.2) is 35.3 Å². The third kappa shape index (κ3) is 3.27. The lowest BCUT2D eigenvalue weighted by atomic mass is 10.1. The predicted octanol–water partition coefficient (Wildman–Crippen LogP) is 2.15. The summed E-state index contributed by atoms with van der Waals surface area (Å²) in [5.74, 6) is 1.11. The summed E-state index contributed by atoms with van der Waals surface area (Å²) in [6.45, 7) is 0. The van der Waals surface area contributed by atoms with Crippen LogP contribution in [0.1, 0.15) is 30.3 Å². The summed E-state index contributed by atoms with van der Waals surface area (Å²) >= 11 is 6.33. The molecule has 0 amide bonds. The Kier molecular flexibility index (Phi) is 4.64. The van der Waals surface area contributed by atoms with E-state index in [2.05, 4.69) is 25.5 Å². The first-order valence-electron chi connectivity index (χ1n) is 9.78. The van der Waals surface area contributed by atoms with Gasteiger partial charge in [-0.3, -0.25) is 9.89 Å². The maximum absolute atomic E-state index is 13.5. The summed E-state index contributed by atoms with van der Waals surface area (Å²) in [5.41, 5.74) is 11.8. The average molecular weight is 449 g/mol. The lowest BCUT2D eigenvalue weighted by Crippen LogP contribution is -2.30. The molecule has 3 aromatic heterocycles. The first-order chi connectivity index (χ1) is 15.5. The SMILES string of the molecule is N#Cc1c(N)nc(N)nc1N[C@H](c1nc2cccc(Cl)c2c(=O)n1-c1ccn[nH]1)C1CC1. The molecule has 0 bridgehead atoms. The molecule has 0 saturated heterocycles. The van der Waals surface area contributed by atoms with Crippen LogP contribution in [-0.4, -0.2) is 29.7 Å². The minimum absolute atomic E-state index is 0.0266. The molecule has 3 heterocycles. The molecule has 1 atom stereocenters. The molecule has 11 nitrogen and oxygen atoms in total. The normalized spacial score (nSPS) is 14.2. The van der Waals surface area contributed by atoms with Gasteiger partial charge in [0.25, 0.3) is 5.56 Å². The zero-order valence-electron chi connectivity index (χ0n) is 16.6. The van der Waals surface area contributed by atoms with Gasteiger partial charge in [-0.25, -0.2) is 9.55 Å². The van der Waals surface area contributed by atoms with E-state index in [1.54, 1.807) is 30.5 Å². The largest absolute Gasteiger partial charge is 0.382 e. The van der Waals surface area contributed by atoms with Crippen molar-refractivity contribution in [2.45, 2.75) is 18.9 Å². The van der Waals surface area contributed by atoms with Crippen molar-refractivity contribution < 1.29 is 0 Å². The predicted molar refractivity (Wildman–Crippen MR) is 119 cm³/mol. The Morgan fingerprint density at radius 1 is 1.25 bits per heavy atom. The number of hydrogen-bond donors (Lipinski definition) is 4. The summed E-state index contributed by atoms with van der Waals surface area (Å²) in [6.07, 6.45) is 3.35. The molecule has 160 valence electrons. The second-order valence-corrected chi connectivity index (χ2v) is 7.86. The molecule has 1 aromatic carbocycles. The molecule has 0 aliphatic heterocycles. The minimum Gasteiger partial charge on any atom is -0.382 e. The van der Waals surface area contributed by atoms with E-state index >= 15 is 0 Å². The minimum atomic E-state index is -0.463. The summed E-state index contributed by atoms with van der Waals surface area (Å²) in [5, 5.41) is 20.2. The van der Waals surface area contributed by atoms with Gasteiger partial charge in [0.05, 0.1) is 28.2 Å². The Hall–Kier alpha value is -4.17. The van der Waals surface area contributed by atoms with E-state index in [0.717, 1.165) is 12.8 Å². The molecule has 5 rings (SSSR count). The van der Waals surface area contributed by atoms with Crippen LogP contribution in [0.4, 0.5) is 17.6 Å². The fourth-order valence-corrected chi connectivity index (χ4v) is 3.95. The van der Waals surface area contributed by atoms with E-state index in [4.69, 9.17) is 28.1 Å². The highest BCUT2D eigenvalue weighted by molar-refractivity contribution is 6.35. The third-order valence-electron chi connectivity index (χ3n) is 5.33. The van der Waals surface area contributed by atoms with Crippen molar-refractivity contribution in [1.82, 2.24) is 29.7 Å². The Morgan fingerprint density at radius 3 is 2.75 bits per heavy atom. The third-order valence-corrected chi connectivity index (χ3v) is 5.64. The molecular weight excluding hydrogens is 432 g/mol. The van der Waals surface area contributed by atoms with Gasteiger partial charge in [0.1, 0.15) is 29.1 Å². The molecule has 0 unspecified atom stereocenters. The number of anilines is 3. The maximum atomic E-state index is 13.5. The standard InChI is InChI=1S/C20H17ClN10O/c21-11-2-1-3-12-14(11)19(32)31(13-6-7-25-30-13)18(26-12)15(9-4-5-9)27-17-10(8-22)16(23)28-20(24)29-17/h1-3,6-7,9,15H,4-5H2,(H,25,30)(H5,23,24,27,28,29)/t15-/m0/s1. The van der Waals surface area contributed by atoms with E-state index in [1.807, 2.05) is 6.07 Å². The number of hydrogen-bond acceptors (Lipinski definition) is 9. The van der Waals surface area contributed by atoms with E-state index in [1.165, 1.54) is 4.57 Å². The number of benzene rings is 1. The number of H-pyrrole nitrogens is 1. The fourth-order valence-electron chi connectivity index (χ4n) is 3.70. The van der Waals surface area contributed by atoms with Gasteiger partial charge in [0, 0.05) is 6.07 Å². The van der Waals surface area contributed by atoms with Gasteiger partial charge in [-0.1, -0.05) is 17.7 Å². The number of nitrogen functional groups attached to an aromatic ring is 2. The first-order valence-corrected chi connectivity index (χ1v) is 10.2. The average Bonchev–Trinajstić information content (AvgIpc) is 3.45.